The molecule has 1 radical (unpaired) electrons. The maximum Gasteiger partial charge on any atom is 0.128 e. The van der Waals surface area contributed by atoms with Crippen LogP contribution in [0.3, 0.4) is 0 Å². The van der Waals surface area contributed by atoms with Crippen molar-refractivity contribution < 1.29 is 24.5 Å². The molecule has 4 aromatic heterocycles. The van der Waals surface area contributed by atoms with E-state index in [-0.39, 0.29) is 20.1 Å². The smallest absolute Gasteiger partial charge is 0.128 e. The van der Waals surface area contributed by atoms with E-state index in [0.29, 0.717) is 0 Å². The van der Waals surface area contributed by atoms with Gasteiger partial charge in [0.05, 0.1) is 5.58 Å². The summed E-state index contributed by atoms with van der Waals surface area (Å²) in [5.41, 5.74) is 15.9. The summed E-state index contributed by atoms with van der Waals surface area (Å²) >= 11 is 0. The number of benzene rings is 6. The van der Waals surface area contributed by atoms with Gasteiger partial charge in [-0.25, -0.2) is 0 Å². The zero-order chi connectivity index (χ0) is 38.0. The first-order valence-corrected chi connectivity index (χ1v) is 18.7. The van der Waals surface area contributed by atoms with Crippen LogP contribution in [0.1, 0.15) is 16.7 Å². The van der Waals surface area contributed by atoms with Gasteiger partial charge in [-0.1, -0.05) is 109 Å². The van der Waals surface area contributed by atoms with Crippen LogP contribution in [0.5, 0.6) is 0 Å². The average molecular weight is 912 g/mol. The van der Waals surface area contributed by atoms with E-state index in [4.69, 9.17) is 9.40 Å². The van der Waals surface area contributed by atoms with Crippen LogP contribution in [0, 0.1) is 32.9 Å². The van der Waals surface area contributed by atoms with Crippen molar-refractivity contribution in [3.05, 3.63) is 199 Å². The number of nitrogens with zero attached hydrogens (tertiary/aromatic N) is 3. The molecular formula is C52H37IrN3O-2. The molecule has 10 aromatic rings. The molecule has 277 valence electrons. The third-order valence-electron chi connectivity index (χ3n) is 10.2. The summed E-state index contributed by atoms with van der Waals surface area (Å²) in [5, 5.41) is 4.42. The Balaban J connectivity index is 0.000000185. The van der Waals surface area contributed by atoms with E-state index in [2.05, 4.69) is 140 Å². The Morgan fingerprint density at radius 1 is 0.509 bits per heavy atom. The van der Waals surface area contributed by atoms with Crippen LogP contribution in [0.15, 0.2) is 175 Å². The van der Waals surface area contributed by atoms with Gasteiger partial charge in [-0.15, -0.1) is 53.6 Å². The minimum absolute atomic E-state index is 0. The quantitative estimate of drug-likeness (QED) is 0.161. The molecule has 57 heavy (non-hydrogen) atoms. The fraction of sp³-hybridized carbons (Fsp3) is 0.0577. The molecule has 0 saturated carbocycles. The van der Waals surface area contributed by atoms with Crippen molar-refractivity contribution in [3.63, 3.8) is 0 Å². The molecule has 10 rings (SSSR count). The van der Waals surface area contributed by atoms with Crippen LogP contribution in [-0.2, 0) is 20.1 Å². The third kappa shape index (κ3) is 7.56. The molecule has 0 amide bonds. The van der Waals surface area contributed by atoms with Gasteiger partial charge < -0.3 is 14.4 Å². The fourth-order valence-electron chi connectivity index (χ4n) is 7.37. The van der Waals surface area contributed by atoms with Crippen molar-refractivity contribution >= 4 is 32.7 Å². The molecule has 5 heteroatoms. The van der Waals surface area contributed by atoms with E-state index in [1.54, 1.807) is 0 Å². The molecule has 0 aliphatic carbocycles. The molecular weight excluding hydrogens is 875 g/mol. The van der Waals surface area contributed by atoms with Gasteiger partial charge in [0.1, 0.15) is 5.58 Å². The molecule has 0 N–H and O–H groups in total. The topological polar surface area (TPSA) is 51.8 Å². The molecule has 0 unspecified atom stereocenters. The van der Waals surface area contributed by atoms with Gasteiger partial charge in [-0.3, -0.25) is 4.98 Å². The Labute approximate surface area is 346 Å². The number of pyridine rings is 3. The molecule has 0 fully saturated rings. The van der Waals surface area contributed by atoms with Gasteiger partial charge in [0.15, 0.2) is 0 Å². The maximum absolute atomic E-state index is 6.68. The molecule has 0 aliphatic rings. The SMILES string of the molecule is Cc1c[c-]c(-c2cc(-c3ccccc3)c(C)cn2)cc1.Cc1cc(-c2cccc3ccncc23)c2oc3c(-c4cc(-c5ccccc5)ccn4)[c-]ccc3c2c1.[Ir]. The summed E-state index contributed by atoms with van der Waals surface area (Å²) in [7, 11) is 0. The predicted molar refractivity (Wildman–Crippen MR) is 230 cm³/mol. The Kier molecular flexibility index (Phi) is 10.7. The third-order valence-corrected chi connectivity index (χ3v) is 10.2. The number of aromatic nitrogens is 3. The molecule has 6 aromatic carbocycles. The van der Waals surface area contributed by atoms with E-state index < -0.39 is 0 Å². The first kappa shape index (κ1) is 37.4. The Bertz CT molecular complexity index is 2990. The van der Waals surface area contributed by atoms with Crippen LogP contribution < -0.4 is 0 Å². The minimum Gasteiger partial charge on any atom is -0.500 e. The number of aryl methyl sites for hydroxylation is 3. The van der Waals surface area contributed by atoms with E-state index in [1.807, 2.05) is 73.3 Å². The van der Waals surface area contributed by atoms with Crippen LogP contribution in [0.4, 0.5) is 0 Å². The van der Waals surface area contributed by atoms with E-state index in [1.165, 1.54) is 27.8 Å². The zero-order valence-corrected chi connectivity index (χ0v) is 34.1. The van der Waals surface area contributed by atoms with Crippen molar-refractivity contribution in [3.8, 4) is 55.9 Å². The average Bonchev–Trinajstić information content (AvgIpc) is 3.63. The van der Waals surface area contributed by atoms with Crippen molar-refractivity contribution in [1.82, 2.24) is 15.0 Å². The first-order chi connectivity index (χ1) is 27.5. The van der Waals surface area contributed by atoms with Gasteiger partial charge in [0.25, 0.3) is 0 Å². The summed E-state index contributed by atoms with van der Waals surface area (Å²) in [5.74, 6) is 0. The largest absolute Gasteiger partial charge is 0.500 e. The van der Waals surface area contributed by atoms with Gasteiger partial charge >= 0.3 is 0 Å². The van der Waals surface area contributed by atoms with Crippen LogP contribution in [0.2, 0.25) is 0 Å². The Morgan fingerprint density at radius 2 is 1.32 bits per heavy atom. The second-order valence-electron chi connectivity index (χ2n) is 14.1. The van der Waals surface area contributed by atoms with E-state index in [9.17, 15) is 0 Å². The number of fused-ring (bicyclic) bond motifs is 4. The van der Waals surface area contributed by atoms with Crippen molar-refractivity contribution in [2.45, 2.75) is 20.8 Å². The summed E-state index contributed by atoms with van der Waals surface area (Å²) in [6.45, 7) is 6.29. The zero-order valence-electron chi connectivity index (χ0n) is 31.7. The monoisotopic (exact) mass is 912 g/mol. The van der Waals surface area contributed by atoms with Gasteiger partial charge in [-0.05, 0) is 93.8 Å². The summed E-state index contributed by atoms with van der Waals surface area (Å²) in [6.07, 6.45) is 7.55. The molecule has 0 saturated heterocycles. The second-order valence-corrected chi connectivity index (χ2v) is 14.1. The van der Waals surface area contributed by atoms with Gasteiger partial charge in [-0.2, -0.15) is 0 Å². The molecule has 0 atom stereocenters. The molecule has 0 bridgehead atoms. The van der Waals surface area contributed by atoms with E-state index >= 15 is 0 Å². The number of hydrogen-bond donors (Lipinski definition) is 0. The molecule has 0 aliphatic heterocycles. The van der Waals surface area contributed by atoms with Crippen molar-refractivity contribution in [2.24, 2.45) is 0 Å². The molecule has 4 heterocycles. The second kappa shape index (κ2) is 16.3. The van der Waals surface area contributed by atoms with Crippen LogP contribution in [-0.4, -0.2) is 15.0 Å². The van der Waals surface area contributed by atoms with Crippen LogP contribution in [0.25, 0.3) is 88.6 Å². The van der Waals surface area contributed by atoms with E-state index in [0.717, 1.165) is 77.5 Å². The maximum atomic E-state index is 6.68. The normalized spacial score (nSPS) is 10.9. The standard InChI is InChI=1S/C33H21N2O.C19H16N.Ir/c1-21-17-28(25-10-5-9-23-13-15-34-20-30(23)25)33-29(18-21)26-11-6-12-27(32(26)36-33)31-19-24(14-16-35-31)22-7-3-2-4-8-22;1-14-8-10-17(11-9-14)19-12-18(15(2)13-20-19)16-6-4-3-5-7-16;/h2-11,13-20H,1H3;3-10,12-13H,1-2H3;/q2*-1;. The van der Waals surface area contributed by atoms with Crippen LogP contribution >= 0.6 is 0 Å². The van der Waals surface area contributed by atoms with Gasteiger partial charge in [0.2, 0.25) is 0 Å². The predicted octanol–water partition coefficient (Wildman–Crippen LogP) is 13.5. The number of rotatable bonds is 5. The fourth-order valence-corrected chi connectivity index (χ4v) is 7.37. The number of furan rings is 1. The minimum atomic E-state index is 0. The Morgan fingerprint density at radius 3 is 2.11 bits per heavy atom. The molecule has 4 nitrogen and oxygen atoms in total. The summed E-state index contributed by atoms with van der Waals surface area (Å²) < 4.78 is 6.68. The Hall–Kier alpha value is -6.52. The van der Waals surface area contributed by atoms with Crippen molar-refractivity contribution in [2.75, 3.05) is 0 Å². The summed E-state index contributed by atoms with van der Waals surface area (Å²) in [6, 6.07) is 56.8. The number of hydrogen-bond acceptors (Lipinski definition) is 4. The first-order valence-electron chi connectivity index (χ1n) is 18.7. The summed E-state index contributed by atoms with van der Waals surface area (Å²) in [4.78, 5) is 13.6. The molecule has 0 spiro atoms. The van der Waals surface area contributed by atoms with Gasteiger partial charge in [0, 0.05) is 61.2 Å². The van der Waals surface area contributed by atoms with Crippen molar-refractivity contribution in [1.29, 1.82) is 0 Å².